The van der Waals surface area contributed by atoms with E-state index in [4.69, 9.17) is 0 Å². The largest absolute Gasteiger partial charge is 0.350 e. The number of amides is 1. The van der Waals surface area contributed by atoms with Crippen LogP contribution in [0.3, 0.4) is 0 Å². The lowest BCUT2D eigenvalue weighted by molar-refractivity contribution is -0.121. The van der Waals surface area contributed by atoms with Crippen LogP contribution in [0.25, 0.3) is 0 Å². The SMILES string of the molecule is CCC1(C)CCN(C(=NC)NCC(=O)NC(C)(C)C)C1.I. The number of hydrogen-bond donors (Lipinski definition) is 2. The van der Waals surface area contributed by atoms with E-state index in [0.717, 1.165) is 19.0 Å². The van der Waals surface area contributed by atoms with Gasteiger partial charge in [0.1, 0.15) is 0 Å². The molecule has 2 N–H and O–H groups in total. The quantitative estimate of drug-likeness (QED) is 0.426. The van der Waals surface area contributed by atoms with E-state index in [9.17, 15) is 4.79 Å². The molecule has 0 saturated carbocycles. The number of hydrogen-bond acceptors (Lipinski definition) is 2. The summed E-state index contributed by atoms with van der Waals surface area (Å²) in [5.74, 6) is 0.822. The van der Waals surface area contributed by atoms with Crippen molar-refractivity contribution >= 4 is 35.8 Å². The molecule has 0 aromatic heterocycles. The third-order valence-corrected chi connectivity index (χ3v) is 3.84. The Bertz CT molecular complexity index is 378. The van der Waals surface area contributed by atoms with Gasteiger partial charge < -0.3 is 15.5 Å². The van der Waals surface area contributed by atoms with Crippen LogP contribution in [0, 0.1) is 5.41 Å². The second-order valence-electron chi connectivity index (χ2n) is 7.03. The van der Waals surface area contributed by atoms with Crippen LogP contribution in [-0.4, -0.2) is 49.0 Å². The highest BCUT2D eigenvalue weighted by Crippen LogP contribution is 2.32. The minimum Gasteiger partial charge on any atom is -0.350 e. The van der Waals surface area contributed by atoms with Crippen LogP contribution in [0.5, 0.6) is 0 Å². The summed E-state index contributed by atoms with van der Waals surface area (Å²) in [5, 5.41) is 6.10. The zero-order chi connectivity index (χ0) is 15.4. The van der Waals surface area contributed by atoms with Crippen LogP contribution >= 0.6 is 24.0 Å². The van der Waals surface area contributed by atoms with E-state index in [1.54, 1.807) is 7.05 Å². The molecule has 0 aliphatic carbocycles. The summed E-state index contributed by atoms with van der Waals surface area (Å²) in [4.78, 5) is 18.4. The molecule has 1 rings (SSSR count). The maximum atomic E-state index is 11.8. The molecule has 0 spiro atoms. The van der Waals surface area contributed by atoms with Gasteiger partial charge in [-0.1, -0.05) is 13.8 Å². The van der Waals surface area contributed by atoms with Crippen molar-refractivity contribution in [2.24, 2.45) is 10.4 Å². The van der Waals surface area contributed by atoms with Crippen LogP contribution < -0.4 is 10.6 Å². The third kappa shape index (κ3) is 6.84. The van der Waals surface area contributed by atoms with Crippen LogP contribution in [0.4, 0.5) is 0 Å². The van der Waals surface area contributed by atoms with E-state index in [1.807, 2.05) is 20.8 Å². The Hall–Kier alpha value is -0.530. The van der Waals surface area contributed by atoms with Gasteiger partial charge in [-0.3, -0.25) is 9.79 Å². The lowest BCUT2D eigenvalue weighted by Gasteiger charge is -2.26. The molecule has 0 bridgehead atoms. The van der Waals surface area contributed by atoms with Gasteiger partial charge in [0.2, 0.25) is 5.91 Å². The number of nitrogens with one attached hydrogen (secondary N) is 2. The van der Waals surface area contributed by atoms with Gasteiger partial charge >= 0.3 is 0 Å². The highest BCUT2D eigenvalue weighted by Gasteiger charge is 2.33. The van der Waals surface area contributed by atoms with Crippen LogP contribution in [0.15, 0.2) is 4.99 Å². The van der Waals surface area contributed by atoms with Crippen molar-refractivity contribution in [3.8, 4) is 0 Å². The first kappa shape index (κ1) is 20.5. The molecule has 1 amide bonds. The van der Waals surface area contributed by atoms with Gasteiger partial charge in [0.25, 0.3) is 0 Å². The molecule has 6 heteroatoms. The average Bonchev–Trinajstić information content (AvgIpc) is 2.71. The lowest BCUT2D eigenvalue weighted by atomic mass is 9.87. The number of carbonyl (C=O) groups is 1. The second-order valence-corrected chi connectivity index (χ2v) is 7.03. The monoisotopic (exact) mass is 410 g/mol. The molecule has 1 saturated heterocycles. The van der Waals surface area contributed by atoms with E-state index >= 15 is 0 Å². The Morgan fingerprint density at radius 3 is 2.43 bits per heavy atom. The molecule has 1 atom stereocenters. The molecule has 124 valence electrons. The first-order valence-corrected chi connectivity index (χ1v) is 7.46. The van der Waals surface area contributed by atoms with Crippen molar-refractivity contribution in [2.75, 3.05) is 26.7 Å². The highest BCUT2D eigenvalue weighted by molar-refractivity contribution is 14.0. The van der Waals surface area contributed by atoms with Gasteiger partial charge in [-0.15, -0.1) is 24.0 Å². The molecule has 0 aromatic rings. The highest BCUT2D eigenvalue weighted by atomic mass is 127. The summed E-state index contributed by atoms with van der Waals surface area (Å²) >= 11 is 0. The molecule has 1 fully saturated rings. The van der Waals surface area contributed by atoms with Gasteiger partial charge in [0.05, 0.1) is 6.54 Å². The predicted octanol–water partition coefficient (Wildman–Crippen LogP) is 2.22. The molecule has 0 radical (unpaired) electrons. The number of rotatable bonds is 3. The van der Waals surface area contributed by atoms with Crippen LogP contribution in [0.2, 0.25) is 0 Å². The van der Waals surface area contributed by atoms with Crippen molar-refractivity contribution in [2.45, 2.75) is 53.0 Å². The topological polar surface area (TPSA) is 56.7 Å². The van der Waals surface area contributed by atoms with Crippen molar-refractivity contribution in [1.29, 1.82) is 0 Å². The normalized spacial score (nSPS) is 22.8. The standard InChI is InChI=1S/C15H30N4O.HI/c1-7-15(5)8-9-19(11-15)13(16-6)17-10-12(20)18-14(2,3)4;/h7-11H2,1-6H3,(H,16,17)(H,18,20);1H. The average molecular weight is 410 g/mol. The van der Waals surface area contributed by atoms with E-state index in [-0.39, 0.29) is 42.0 Å². The van der Waals surface area contributed by atoms with Crippen molar-refractivity contribution in [1.82, 2.24) is 15.5 Å². The van der Waals surface area contributed by atoms with Crippen LogP contribution in [0.1, 0.15) is 47.5 Å². The maximum Gasteiger partial charge on any atom is 0.239 e. The molecular formula is C15H31IN4O. The zero-order valence-electron chi connectivity index (χ0n) is 14.2. The Morgan fingerprint density at radius 1 is 1.38 bits per heavy atom. The fourth-order valence-electron chi connectivity index (χ4n) is 2.45. The van der Waals surface area contributed by atoms with Gasteiger partial charge in [0.15, 0.2) is 5.96 Å². The van der Waals surface area contributed by atoms with Gasteiger partial charge in [-0.2, -0.15) is 0 Å². The summed E-state index contributed by atoms with van der Waals surface area (Å²) in [6.07, 6.45) is 2.35. The van der Waals surface area contributed by atoms with Crippen molar-refractivity contribution < 1.29 is 4.79 Å². The molecule has 21 heavy (non-hydrogen) atoms. The Labute approximate surface area is 146 Å². The lowest BCUT2D eigenvalue weighted by Crippen LogP contribution is -2.49. The number of carbonyl (C=O) groups excluding carboxylic acids is 1. The minimum atomic E-state index is -0.198. The summed E-state index contributed by atoms with van der Waals surface area (Å²) in [6, 6.07) is 0. The predicted molar refractivity (Wildman–Crippen MR) is 99.3 cm³/mol. The summed E-state index contributed by atoms with van der Waals surface area (Å²) in [7, 11) is 1.77. The van der Waals surface area contributed by atoms with E-state index in [0.29, 0.717) is 5.41 Å². The summed E-state index contributed by atoms with van der Waals surface area (Å²) < 4.78 is 0. The fourth-order valence-corrected chi connectivity index (χ4v) is 2.45. The number of likely N-dealkylation sites (tertiary alicyclic amines) is 1. The maximum absolute atomic E-state index is 11.8. The summed E-state index contributed by atoms with van der Waals surface area (Å²) in [5.41, 5.74) is 0.169. The zero-order valence-corrected chi connectivity index (χ0v) is 16.6. The molecule has 0 aromatic carbocycles. The van der Waals surface area contributed by atoms with E-state index in [1.165, 1.54) is 12.8 Å². The Balaban J connectivity index is 0.00000400. The molecule has 1 unspecified atom stereocenters. The number of aliphatic imine (C=N–C) groups is 1. The Morgan fingerprint density at radius 2 is 2.00 bits per heavy atom. The minimum absolute atomic E-state index is 0. The van der Waals surface area contributed by atoms with E-state index in [2.05, 4.69) is 34.4 Å². The second kappa shape index (κ2) is 8.19. The van der Waals surface area contributed by atoms with Gasteiger partial charge in [0, 0.05) is 25.7 Å². The van der Waals surface area contributed by atoms with Gasteiger partial charge in [-0.05, 0) is 39.0 Å². The van der Waals surface area contributed by atoms with E-state index < -0.39 is 0 Å². The summed E-state index contributed by atoms with van der Waals surface area (Å²) in [6.45, 7) is 12.8. The fraction of sp³-hybridized carbons (Fsp3) is 0.867. The first-order chi connectivity index (χ1) is 9.19. The third-order valence-electron chi connectivity index (χ3n) is 3.84. The molecule has 1 heterocycles. The number of nitrogens with zero attached hydrogens (tertiary/aromatic N) is 2. The number of guanidine groups is 1. The molecular weight excluding hydrogens is 379 g/mol. The molecule has 5 nitrogen and oxygen atoms in total. The van der Waals surface area contributed by atoms with Crippen molar-refractivity contribution in [3.63, 3.8) is 0 Å². The Kier molecular flexibility index (Phi) is 7.99. The van der Waals surface area contributed by atoms with Crippen molar-refractivity contribution in [3.05, 3.63) is 0 Å². The smallest absolute Gasteiger partial charge is 0.239 e. The molecule has 1 aliphatic heterocycles. The number of halogens is 1. The van der Waals surface area contributed by atoms with Gasteiger partial charge in [-0.25, -0.2) is 0 Å². The molecule has 1 aliphatic rings. The first-order valence-electron chi connectivity index (χ1n) is 7.46. The van der Waals surface area contributed by atoms with Crippen LogP contribution in [-0.2, 0) is 4.79 Å².